The predicted molar refractivity (Wildman–Crippen MR) is 99.7 cm³/mol. The fourth-order valence-electron chi connectivity index (χ4n) is 2.17. The summed E-state index contributed by atoms with van der Waals surface area (Å²) >= 11 is 12.7. The van der Waals surface area contributed by atoms with Crippen molar-refractivity contribution in [3.63, 3.8) is 0 Å². The van der Waals surface area contributed by atoms with Gasteiger partial charge in [0.25, 0.3) is 0 Å². The van der Waals surface area contributed by atoms with Gasteiger partial charge in [0.1, 0.15) is 8.55 Å². The van der Waals surface area contributed by atoms with Gasteiger partial charge in [-0.15, -0.1) is 11.3 Å². The zero-order valence-electron chi connectivity index (χ0n) is 14.4. The van der Waals surface area contributed by atoms with E-state index in [4.69, 9.17) is 27.9 Å². The summed E-state index contributed by atoms with van der Waals surface area (Å²) in [5.74, 6) is 0.0758. The molecule has 0 radical (unpaired) electrons. The van der Waals surface area contributed by atoms with Crippen LogP contribution in [0.25, 0.3) is 0 Å². The van der Waals surface area contributed by atoms with Crippen LogP contribution in [0.15, 0.2) is 10.3 Å². The Balaban J connectivity index is 2.53. The lowest BCUT2D eigenvalue weighted by molar-refractivity contribution is 0.0649. The van der Waals surface area contributed by atoms with Crippen LogP contribution in [0.4, 0.5) is 0 Å². The molecule has 0 atom stereocenters. The SMILES string of the molecule is CC(C)(C)COCCCC(C)(C)CS(=O)(=O)c1cc(Cl)c(Cl)s1. The Morgan fingerprint density at radius 1 is 1.17 bits per heavy atom. The quantitative estimate of drug-likeness (QED) is 0.525. The second kappa shape index (κ2) is 8.05. The molecule has 0 saturated carbocycles. The highest BCUT2D eigenvalue weighted by Crippen LogP contribution is 2.37. The van der Waals surface area contributed by atoms with Gasteiger partial charge in [-0.1, -0.05) is 57.8 Å². The predicted octanol–water partition coefficient (Wildman–Crippen LogP) is 5.70. The molecule has 0 spiro atoms. The molecule has 0 aliphatic heterocycles. The second-order valence-corrected chi connectivity index (χ2v) is 12.1. The Kier molecular flexibility index (Phi) is 7.43. The molecule has 0 fully saturated rings. The van der Waals surface area contributed by atoms with Gasteiger partial charge < -0.3 is 4.74 Å². The Hall–Kier alpha value is 0.190. The molecule has 0 amide bonds. The summed E-state index contributed by atoms with van der Waals surface area (Å²) in [5, 5.41) is 0.295. The van der Waals surface area contributed by atoms with Crippen LogP contribution in [0.1, 0.15) is 47.5 Å². The van der Waals surface area contributed by atoms with E-state index in [0.29, 0.717) is 22.6 Å². The average molecular weight is 401 g/mol. The highest BCUT2D eigenvalue weighted by molar-refractivity contribution is 7.93. The van der Waals surface area contributed by atoms with Crippen molar-refractivity contribution in [2.75, 3.05) is 19.0 Å². The lowest BCUT2D eigenvalue weighted by atomic mass is 9.90. The van der Waals surface area contributed by atoms with Gasteiger partial charge >= 0.3 is 0 Å². The van der Waals surface area contributed by atoms with Crippen molar-refractivity contribution in [2.24, 2.45) is 10.8 Å². The van der Waals surface area contributed by atoms with Crippen LogP contribution >= 0.6 is 34.5 Å². The molecule has 0 unspecified atom stereocenters. The van der Waals surface area contributed by atoms with Crippen molar-refractivity contribution in [3.8, 4) is 0 Å². The highest BCUT2D eigenvalue weighted by atomic mass is 35.5. The van der Waals surface area contributed by atoms with Gasteiger partial charge in [-0.2, -0.15) is 0 Å². The van der Waals surface area contributed by atoms with Crippen LogP contribution in [0, 0.1) is 10.8 Å². The monoisotopic (exact) mass is 400 g/mol. The molecular weight excluding hydrogens is 375 g/mol. The number of hydrogen-bond donors (Lipinski definition) is 0. The molecule has 0 saturated heterocycles. The summed E-state index contributed by atoms with van der Waals surface area (Å²) in [4.78, 5) is 0. The average Bonchev–Trinajstić information content (AvgIpc) is 2.67. The lowest BCUT2D eigenvalue weighted by Crippen LogP contribution is -2.24. The van der Waals surface area contributed by atoms with Crippen LogP contribution in [-0.4, -0.2) is 27.4 Å². The van der Waals surface area contributed by atoms with Crippen LogP contribution < -0.4 is 0 Å². The molecule has 23 heavy (non-hydrogen) atoms. The van der Waals surface area contributed by atoms with E-state index in [0.717, 1.165) is 24.2 Å². The van der Waals surface area contributed by atoms with Gasteiger partial charge in [-0.25, -0.2) is 8.42 Å². The first-order chi connectivity index (χ1) is 10.3. The van der Waals surface area contributed by atoms with Crippen LogP contribution in [0.2, 0.25) is 9.36 Å². The summed E-state index contributed by atoms with van der Waals surface area (Å²) in [6.07, 6.45) is 1.62. The number of ether oxygens (including phenoxy) is 1. The van der Waals surface area contributed by atoms with Gasteiger partial charge in [0.2, 0.25) is 0 Å². The van der Waals surface area contributed by atoms with E-state index in [2.05, 4.69) is 20.8 Å². The van der Waals surface area contributed by atoms with Gasteiger partial charge in [0.15, 0.2) is 9.84 Å². The maximum atomic E-state index is 12.5. The van der Waals surface area contributed by atoms with E-state index >= 15 is 0 Å². The minimum atomic E-state index is -3.38. The molecule has 0 bridgehead atoms. The molecule has 3 nitrogen and oxygen atoms in total. The molecule has 0 N–H and O–H groups in total. The van der Waals surface area contributed by atoms with E-state index < -0.39 is 9.84 Å². The Morgan fingerprint density at radius 3 is 2.26 bits per heavy atom. The van der Waals surface area contributed by atoms with Crippen LogP contribution in [0.5, 0.6) is 0 Å². The standard InChI is InChI=1S/C16H26Cl2O3S2/c1-15(2,3)10-21-8-6-7-16(4,5)11-23(19,20)13-9-12(17)14(18)22-13/h9H,6-8,10-11H2,1-5H3. The Morgan fingerprint density at radius 2 is 1.78 bits per heavy atom. The van der Waals surface area contributed by atoms with Gasteiger partial charge in [0, 0.05) is 6.61 Å². The van der Waals surface area contributed by atoms with Crippen molar-refractivity contribution >= 4 is 44.4 Å². The summed E-state index contributed by atoms with van der Waals surface area (Å²) < 4.78 is 31.2. The minimum absolute atomic E-state index is 0.0758. The molecule has 134 valence electrons. The molecule has 1 aromatic heterocycles. The molecule has 1 heterocycles. The fourth-order valence-corrected chi connectivity index (χ4v) is 6.02. The molecule has 0 aliphatic carbocycles. The molecule has 1 rings (SSSR count). The maximum absolute atomic E-state index is 12.5. The third-order valence-electron chi connectivity index (χ3n) is 3.19. The van der Waals surface area contributed by atoms with Crippen molar-refractivity contribution < 1.29 is 13.2 Å². The third-order valence-corrected chi connectivity index (χ3v) is 7.75. The van der Waals surface area contributed by atoms with Crippen molar-refractivity contribution in [2.45, 2.75) is 51.7 Å². The van der Waals surface area contributed by atoms with E-state index in [1.54, 1.807) is 0 Å². The van der Waals surface area contributed by atoms with E-state index in [1.807, 2.05) is 13.8 Å². The number of rotatable bonds is 8. The summed E-state index contributed by atoms with van der Waals surface area (Å²) in [6, 6.07) is 1.44. The summed E-state index contributed by atoms with van der Waals surface area (Å²) in [5.41, 5.74) is -0.177. The second-order valence-electron chi connectivity index (χ2n) is 7.83. The summed E-state index contributed by atoms with van der Waals surface area (Å²) in [7, 11) is -3.38. The largest absolute Gasteiger partial charge is 0.381 e. The fraction of sp³-hybridized carbons (Fsp3) is 0.750. The van der Waals surface area contributed by atoms with Crippen molar-refractivity contribution in [1.82, 2.24) is 0 Å². The first kappa shape index (κ1) is 21.2. The zero-order chi connectivity index (χ0) is 17.9. The van der Waals surface area contributed by atoms with Crippen LogP contribution in [-0.2, 0) is 14.6 Å². The number of sulfone groups is 1. The van der Waals surface area contributed by atoms with Crippen molar-refractivity contribution in [3.05, 3.63) is 15.4 Å². The van der Waals surface area contributed by atoms with Gasteiger partial charge in [-0.05, 0) is 29.7 Å². The van der Waals surface area contributed by atoms with Crippen LogP contribution in [0.3, 0.4) is 0 Å². The van der Waals surface area contributed by atoms with E-state index in [9.17, 15) is 8.42 Å². The number of halogens is 2. The maximum Gasteiger partial charge on any atom is 0.188 e. The smallest absolute Gasteiger partial charge is 0.188 e. The molecular formula is C16H26Cl2O3S2. The summed E-state index contributed by atoms with van der Waals surface area (Å²) in [6.45, 7) is 11.7. The first-order valence-electron chi connectivity index (χ1n) is 7.58. The number of hydrogen-bond acceptors (Lipinski definition) is 4. The van der Waals surface area contributed by atoms with Gasteiger partial charge in [0.05, 0.1) is 17.4 Å². The van der Waals surface area contributed by atoms with E-state index in [-0.39, 0.29) is 20.8 Å². The molecule has 0 aliphatic rings. The van der Waals surface area contributed by atoms with Crippen molar-refractivity contribution in [1.29, 1.82) is 0 Å². The Labute approximate surface area is 154 Å². The van der Waals surface area contributed by atoms with Gasteiger partial charge in [-0.3, -0.25) is 0 Å². The third kappa shape index (κ3) is 7.74. The lowest BCUT2D eigenvalue weighted by Gasteiger charge is -2.24. The molecule has 7 heteroatoms. The van der Waals surface area contributed by atoms with E-state index in [1.165, 1.54) is 6.07 Å². The Bertz CT molecular complexity index is 594. The topological polar surface area (TPSA) is 43.4 Å². The minimum Gasteiger partial charge on any atom is -0.381 e. The first-order valence-corrected chi connectivity index (χ1v) is 10.8. The molecule has 1 aromatic rings. The normalized spacial score (nSPS) is 13.5. The highest BCUT2D eigenvalue weighted by Gasteiger charge is 2.29. The number of thiophene rings is 1. The zero-order valence-corrected chi connectivity index (χ0v) is 17.6. The molecule has 0 aromatic carbocycles.